The number of nitrogens with zero attached hydrogens (tertiary/aromatic N) is 4. The average molecular weight is 392 g/mol. The van der Waals surface area contributed by atoms with Crippen LogP contribution in [0.1, 0.15) is 5.56 Å². The molecule has 0 radical (unpaired) electrons. The highest BCUT2D eigenvalue weighted by atomic mass is 19.4. The second-order valence-electron chi connectivity index (χ2n) is 5.14. The van der Waals surface area contributed by atoms with Crippen LogP contribution in [0.5, 0.6) is 5.75 Å². The Hall–Kier alpha value is -3.18. The molecule has 0 unspecified atom stereocenters. The van der Waals surface area contributed by atoms with Crippen molar-refractivity contribution in [2.75, 3.05) is 0 Å². The second-order valence-corrected chi connectivity index (χ2v) is 5.14. The molecular formula is C15H7F7N4O. The summed E-state index contributed by atoms with van der Waals surface area (Å²) in [5, 5.41) is 7.18. The van der Waals surface area contributed by atoms with Gasteiger partial charge in [-0.2, -0.15) is 13.2 Å². The Morgan fingerprint density at radius 3 is 2.30 bits per heavy atom. The van der Waals surface area contributed by atoms with Crippen LogP contribution in [-0.2, 0) is 6.18 Å². The van der Waals surface area contributed by atoms with Crippen molar-refractivity contribution in [2.45, 2.75) is 12.5 Å². The summed E-state index contributed by atoms with van der Waals surface area (Å²) >= 11 is 0. The molecule has 0 N–H and O–H groups in total. The van der Waals surface area contributed by atoms with Crippen LogP contribution in [0.4, 0.5) is 30.7 Å². The molecular weight excluding hydrogens is 385 g/mol. The van der Waals surface area contributed by atoms with Crippen molar-refractivity contribution in [3.05, 3.63) is 54.1 Å². The maximum Gasteiger partial charge on any atom is 0.573 e. The van der Waals surface area contributed by atoms with Gasteiger partial charge in [0.15, 0.2) is 5.82 Å². The van der Waals surface area contributed by atoms with Crippen molar-refractivity contribution in [2.24, 2.45) is 0 Å². The quantitative estimate of drug-likeness (QED) is 0.621. The van der Waals surface area contributed by atoms with Crippen LogP contribution in [0.3, 0.4) is 0 Å². The molecule has 5 nitrogen and oxygen atoms in total. The van der Waals surface area contributed by atoms with Crippen LogP contribution < -0.4 is 4.74 Å². The van der Waals surface area contributed by atoms with E-state index in [4.69, 9.17) is 0 Å². The molecule has 0 aliphatic heterocycles. The van der Waals surface area contributed by atoms with Gasteiger partial charge in [0, 0.05) is 12.3 Å². The molecule has 2 heterocycles. The summed E-state index contributed by atoms with van der Waals surface area (Å²) in [7, 11) is 0. The minimum absolute atomic E-state index is 0.0869. The van der Waals surface area contributed by atoms with E-state index in [0.29, 0.717) is 6.07 Å². The number of hydrogen-bond donors (Lipinski definition) is 0. The number of alkyl halides is 6. The molecule has 0 saturated carbocycles. The summed E-state index contributed by atoms with van der Waals surface area (Å²) in [6.45, 7) is 0. The molecule has 0 fully saturated rings. The number of aromatic nitrogens is 4. The zero-order chi connectivity index (χ0) is 19.8. The lowest BCUT2D eigenvalue weighted by Crippen LogP contribution is -2.17. The lowest BCUT2D eigenvalue weighted by molar-refractivity contribution is -0.274. The van der Waals surface area contributed by atoms with E-state index in [0.717, 1.165) is 41.3 Å². The molecule has 0 amide bonds. The number of halogens is 7. The van der Waals surface area contributed by atoms with Crippen molar-refractivity contribution in [1.82, 2.24) is 20.0 Å². The van der Waals surface area contributed by atoms with Gasteiger partial charge in [-0.15, -0.1) is 18.3 Å². The van der Waals surface area contributed by atoms with Gasteiger partial charge in [-0.3, -0.25) is 4.98 Å². The van der Waals surface area contributed by atoms with E-state index in [1.807, 2.05) is 0 Å². The van der Waals surface area contributed by atoms with Crippen molar-refractivity contribution < 1.29 is 35.5 Å². The Bertz CT molecular complexity index is 965. The molecule has 0 saturated heterocycles. The summed E-state index contributed by atoms with van der Waals surface area (Å²) in [5.74, 6) is -1.88. The van der Waals surface area contributed by atoms with Gasteiger partial charge >= 0.3 is 12.5 Å². The summed E-state index contributed by atoms with van der Waals surface area (Å²) in [6, 6.07) is 3.81. The Balaban J connectivity index is 1.90. The molecule has 0 spiro atoms. The smallest absolute Gasteiger partial charge is 0.406 e. The van der Waals surface area contributed by atoms with Gasteiger partial charge in [0.05, 0.1) is 17.5 Å². The van der Waals surface area contributed by atoms with Crippen LogP contribution in [0.15, 0.2) is 42.7 Å². The molecule has 3 rings (SSSR count). The third-order valence-corrected chi connectivity index (χ3v) is 3.24. The number of ether oxygens (including phenoxy) is 1. The third-order valence-electron chi connectivity index (χ3n) is 3.24. The Kier molecular flexibility index (Phi) is 4.49. The first-order chi connectivity index (χ1) is 12.5. The molecule has 0 aliphatic carbocycles. The van der Waals surface area contributed by atoms with Crippen LogP contribution in [0.25, 0.3) is 17.1 Å². The van der Waals surface area contributed by atoms with E-state index in [1.54, 1.807) is 0 Å². The fraction of sp³-hybridized carbons (Fsp3) is 0.133. The Morgan fingerprint density at radius 1 is 0.926 bits per heavy atom. The first kappa shape index (κ1) is 18.6. The number of rotatable bonds is 3. The first-order valence-corrected chi connectivity index (χ1v) is 7.04. The van der Waals surface area contributed by atoms with Gasteiger partial charge in [-0.05, 0) is 24.3 Å². The van der Waals surface area contributed by atoms with Crippen molar-refractivity contribution in [3.63, 3.8) is 0 Å². The fourth-order valence-electron chi connectivity index (χ4n) is 2.12. The molecule has 3 aromatic rings. The summed E-state index contributed by atoms with van der Waals surface area (Å²) < 4.78 is 93.2. The highest BCUT2D eigenvalue weighted by Gasteiger charge is 2.32. The normalized spacial score (nSPS) is 12.3. The number of benzene rings is 1. The Morgan fingerprint density at radius 2 is 1.67 bits per heavy atom. The van der Waals surface area contributed by atoms with Gasteiger partial charge in [0.1, 0.15) is 17.1 Å². The number of hydrogen-bond acceptors (Lipinski definition) is 4. The molecule has 1 aromatic carbocycles. The van der Waals surface area contributed by atoms with Crippen LogP contribution in [0.2, 0.25) is 0 Å². The molecule has 12 heteroatoms. The van der Waals surface area contributed by atoms with E-state index < -0.39 is 29.7 Å². The average Bonchev–Trinajstić information content (AvgIpc) is 3.02. The lowest BCUT2D eigenvalue weighted by atomic mass is 10.2. The van der Waals surface area contributed by atoms with Crippen molar-refractivity contribution >= 4 is 0 Å². The monoisotopic (exact) mass is 392 g/mol. The van der Waals surface area contributed by atoms with E-state index in [9.17, 15) is 30.7 Å². The van der Waals surface area contributed by atoms with Crippen LogP contribution >= 0.6 is 0 Å². The van der Waals surface area contributed by atoms with Crippen molar-refractivity contribution in [3.8, 4) is 22.8 Å². The molecule has 0 bridgehead atoms. The Labute approximate surface area is 146 Å². The first-order valence-electron chi connectivity index (χ1n) is 7.04. The van der Waals surface area contributed by atoms with Gasteiger partial charge in [0.25, 0.3) is 0 Å². The summed E-state index contributed by atoms with van der Waals surface area (Å²) in [4.78, 5) is 3.75. The lowest BCUT2D eigenvalue weighted by Gasteiger charge is -2.10. The predicted molar refractivity (Wildman–Crippen MR) is 76.2 cm³/mol. The minimum atomic E-state index is -4.98. The van der Waals surface area contributed by atoms with Gasteiger partial charge in [-0.25, -0.2) is 9.07 Å². The standard InChI is InChI=1S/C15H7F7N4O/c16-10-6-9(27-15(20,21)22)1-2-13(10)26-7-12(24-25-26)11-5-8(3-4-23-11)14(17,18)19/h1-7H. The van der Waals surface area contributed by atoms with E-state index >= 15 is 0 Å². The molecule has 142 valence electrons. The zero-order valence-electron chi connectivity index (χ0n) is 12.9. The second kappa shape index (κ2) is 6.52. The van der Waals surface area contributed by atoms with Crippen molar-refractivity contribution in [1.29, 1.82) is 0 Å². The maximum absolute atomic E-state index is 14.0. The van der Waals surface area contributed by atoms with E-state index in [2.05, 4.69) is 20.0 Å². The topological polar surface area (TPSA) is 52.8 Å². The maximum atomic E-state index is 14.0. The van der Waals surface area contributed by atoms with Gasteiger partial charge < -0.3 is 4.74 Å². The summed E-state index contributed by atoms with van der Waals surface area (Å²) in [5.41, 5.74) is -1.48. The van der Waals surface area contributed by atoms with E-state index in [-0.39, 0.29) is 17.1 Å². The van der Waals surface area contributed by atoms with Gasteiger partial charge in [0.2, 0.25) is 0 Å². The highest BCUT2D eigenvalue weighted by molar-refractivity contribution is 5.54. The minimum Gasteiger partial charge on any atom is -0.406 e. The molecule has 0 atom stereocenters. The highest BCUT2D eigenvalue weighted by Crippen LogP contribution is 2.31. The zero-order valence-corrected chi connectivity index (χ0v) is 12.9. The number of pyridine rings is 1. The predicted octanol–water partition coefficient (Wildman–Crippen LogP) is 4.39. The SMILES string of the molecule is Fc1cc(OC(F)(F)F)ccc1-n1cc(-c2cc(C(F)(F)F)ccn2)nn1. The van der Waals surface area contributed by atoms with Crippen LogP contribution in [-0.4, -0.2) is 26.3 Å². The van der Waals surface area contributed by atoms with E-state index in [1.165, 1.54) is 0 Å². The fourth-order valence-corrected chi connectivity index (χ4v) is 2.12. The third kappa shape index (κ3) is 4.33. The molecule has 0 aliphatic rings. The van der Waals surface area contributed by atoms with Crippen LogP contribution in [0, 0.1) is 5.82 Å². The largest absolute Gasteiger partial charge is 0.573 e. The molecule has 2 aromatic heterocycles. The molecule has 27 heavy (non-hydrogen) atoms. The summed E-state index contributed by atoms with van der Waals surface area (Å²) in [6.07, 6.45) is -7.55. The van der Waals surface area contributed by atoms with Gasteiger partial charge in [-0.1, -0.05) is 5.21 Å².